The maximum absolute atomic E-state index is 5.52. The van der Waals surface area contributed by atoms with Crippen LogP contribution in [0.5, 0.6) is 0 Å². The molecule has 0 spiro atoms. The summed E-state index contributed by atoms with van der Waals surface area (Å²) >= 11 is 0. The summed E-state index contributed by atoms with van der Waals surface area (Å²) < 4.78 is 5.52. The van der Waals surface area contributed by atoms with Gasteiger partial charge >= 0.3 is 0 Å². The molecule has 0 heterocycles. The number of hydrogen-bond donors (Lipinski definition) is 0. The topological polar surface area (TPSA) is 9.23 Å². The fourth-order valence-corrected chi connectivity index (χ4v) is 1.57. The van der Waals surface area contributed by atoms with E-state index in [0.29, 0.717) is 6.10 Å². The van der Waals surface area contributed by atoms with Crippen molar-refractivity contribution in [1.29, 1.82) is 0 Å². The van der Waals surface area contributed by atoms with Crippen LogP contribution < -0.4 is 0 Å². The van der Waals surface area contributed by atoms with Crippen LogP contribution in [0.2, 0.25) is 0 Å². The number of ether oxygens (including phenoxy) is 1. The first-order valence-corrected chi connectivity index (χ1v) is 4.96. The first-order chi connectivity index (χ1) is 5.34. The van der Waals surface area contributed by atoms with Crippen molar-refractivity contribution in [2.75, 3.05) is 6.61 Å². The van der Waals surface area contributed by atoms with Gasteiger partial charge in [-0.3, -0.25) is 0 Å². The zero-order chi connectivity index (χ0) is 8.69. The molecule has 0 aromatic rings. The van der Waals surface area contributed by atoms with E-state index < -0.39 is 0 Å². The molecule has 1 saturated carbocycles. The Kier molecular flexibility index (Phi) is 6.63. The Bertz CT molecular complexity index is 80.9. The van der Waals surface area contributed by atoms with Gasteiger partial charge in [0, 0.05) is 6.61 Å². The van der Waals surface area contributed by atoms with Gasteiger partial charge in [-0.15, -0.1) is 0 Å². The van der Waals surface area contributed by atoms with E-state index in [1.165, 1.54) is 19.3 Å². The molecule has 1 rings (SSSR count). The molecule has 1 aliphatic rings. The maximum Gasteiger partial charge on any atom is 0.0600 e. The molecule has 0 aliphatic heterocycles. The van der Waals surface area contributed by atoms with Crippen LogP contribution in [0, 0.1) is 5.92 Å². The van der Waals surface area contributed by atoms with Crippen LogP contribution >= 0.6 is 0 Å². The van der Waals surface area contributed by atoms with Gasteiger partial charge in [0.15, 0.2) is 0 Å². The summed E-state index contributed by atoms with van der Waals surface area (Å²) in [5.74, 6) is 0.810. The minimum absolute atomic E-state index is 0.579. The van der Waals surface area contributed by atoms with Crippen LogP contribution in [0.25, 0.3) is 0 Å². The van der Waals surface area contributed by atoms with E-state index in [1.807, 2.05) is 13.8 Å². The van der Waals surface area contributed by atoms with E-state index in [-0.39, 0.29) is 0 Å². The first kappa shape index (κ1) is 11.0. The van der Waals surface area contributed by atoms with Gasteiger partial charge in [-0.25, -0.2) is 0 Å². The summed E-state index contributed by atoms with van der Waals surface area (Å²) in [6.45, 7) is 9.24. The molecule has 68 valence electrons. The van der Waals surface area contributed by atoms with E-state index in [4.69, 9.17) is 4.74 Å². The van der Waals surface area contributed by atoms with E-state index in [2.05, 4.69) is 13.8 Å². The second kappa shape index (κ2) is 6.66. The van der Waals surface area contributed by atoms with Crippen LogP contribution in [0.3, 0.4) is 0 Å². The molecule has 0 saturated heterocycles. The summed E-state index contributed by atoms with van der Waals surface area (Å²) in [7, 11) is 0. The van der Waals surface area contributed by atoms with Gasteiger partial charge in [-0.1, -0.05) is 27.2 Å². The Morgan fingerprint density at radius 1 is 1.27 bits per heavy atom. The predicted octanol–water partition coefficient (Wildman–Crippen LogP) is 3.24. The fourth-order valence-electron chi connectivity index (χ4n) is 1.57. The summed E-state index contributed by atoms with van der Waals surface area (Å²) in [5, 5.41) is 0. The van der Waals surface area contributed by atoms with Crippen LogP contribution in [0.15, 0.2) is 0 Å². The smallest absolute Gasteiger partial charge is 0.0600 e. The largest absolute Gasteiger partial charge is 0.378 e. The normalized spacial score (nSPS) is 29.5. The van der Waals surface area contributed by atoms with Crippen molar-refractivity contribution in [2.45, 2.75) is 53.1 Å². The lowest BCUT2D eigenvalue weighted by atomic mass is 10.1. The predicted molar refractivity (Wildman–Crippen MR) is 49.8 cm³/mol. The van der Waals surface area contributed by atoms with E-state index in [1.54, 1.807) is 0 Å². The number of rotatable bonds is 2. The standard InChI is InChI=1S/C8H16O.C2H6/c1-3-9-8-6-4-5-7(8)2;1-2/h7-8H,3-6H2,1-2H3;1-2H3. The zero-order valence-corrected chi connectivity index (χ0v) is 8.39. The van der Waals surface area contributed by atoms with Crippen LogP contribution in [0.1, 0.15) is 47.0 Å². The lowest BCUT2D eigenvalue weighted by Gasteiger charge is -2.13. The van der Waals surface area contributed by atoms with Crippen molar-refractivity contribution in [3.63, 3.8) is 0 Å². The Morgan fingerprint density at radius 3 is 2.27 bits per heavy atom. The average molecular weight is 158 g/mol. The van der Waals surface area contributed by atoms with Crippen LogP contribution in [-0.4, -0.2) is 12.7 Å². The van der Waals surface area contributed by atoms with Crippen molar-refractivity contribution < 1.29 is 4.74 Å². The highest BCUT2D eigenvalue weighted by Gasteiger charge is 2.22. The molecule has 1 nitrogen and oxygen atoms in total. The van der Waals surface area contributed by atoms with E-state index in [0.717, 1.165) is 12.5 Å². The molecule has 0 bridgehead atoms. The molecule has 2 unspecified atom stereocenters. The molecule has 0 aromatic carbocycles. The Labute approximate surface area is 71.1 Å². The van der Waals surface area contributed by atoms with Gasteiger partial charge in [0.1, 0.15) is 0 Å². The second-order valence-electron chi connectivity index (χ2n) is 2.90. The van der Waals surface area contributed by atoms with Gasteiger partial charge in [0.2, 0.25) is 0 Å². The lowest BCUT2D eigenvalue weighted by molar-refractivity contribution is 0.0414. The van der Waals surface area contributed by atoms with Crippen molar-refractivity contribution in [3.05, 3.63) is 0 Å². The van der Waals surface area contributed by atoms with Gasteiger partial charge in [0.05, 0.1) is 6.10 Å². The zero-order valence-electron chi connectivity index (χ0n) is 8.39. The minimum Gasteiger partial charge on any atom is -0.378 e. The Hall–Kier alpha value is -0.0400. The number of hydrogen-bond acceptors (Lipinski definition) is 1. The van der Waals surface area contributed by atoms with Crippen molar-refractivity contribution in [2.24, 2.45) is 5.92 Å². The molecular weight excluding hydrogens is 136 g/mol. The minimum atomic E-state index is 0.579. The van der Waals surface area contributed by atoms with Gasteiger partial charge in [-0.2, -0.15) is 0 Å². The molecule has 0 radical (unpaired) electrons. The van der Waals surface area contributed by atoms with Crippen molar-refractivity contribution in [1.82, 2.24) is 0 Å². The molecule has 1 heteroatoms. The monoisotopic (exact) mass is 158 g/mol. The van der Waals surface area contributed by atoms with Crippen molar-refractivity contribution in [3.8, 4) is 0 Å². The summed E-state index contributed by atoms with van der Waals surface area (Å²) in [6, 6.07) is 0. The highest BCUT2D eigenvalue weighted by Crippen LogP contribution is 2.27. The Morgan fingerprint density at radius 2 is 1.91 bits per heavy atom. The third-order valence-corrected chi connectivity index (χ3v) is 2.16. The third kappa shape index (κ3) is 3.76. The maximum atomic E-state index is 5.52. The van der Waals surface area contributed by atoms with Gasteiger partial charge < -0.3 is 4.74 Å². The van der Waals surface area contributed by atoms with Gasteiger partial charge in [0.25, 0.3) is 0 Å². The van der Waals surface area contributed by atoms with Crippen LogP contribution in [0.4, 0.5) is 0 Å². The fraction of sp³-hybridized carbons (Fsp3) is 1.00. The summed E-state index contributed by atoms with van der Waals surface area (Å²) in [4.78, 5) is 0. The highest BCUT2D eigenvalue weighted by atomic mass is 16.5. The summed E-state index contributed by atoms with van der Waals surface area (Å²) in [6.07, 6.45) is 4.60. The molecule has 0 amide bonds. The molecule has 0 N–H and O–H groups in total. The average Bonchev–Trinajstić information content (AvgIpc) is 2.42. The van der Waals surface area contributed by atoms with E-state index >= 15 is 0 Å². The molecule has 11 heavy (non-hydrogen) atoms. The van der Waals surface area contributed by atoms with Crippen LogP contribution in [-0.2, 0) is 4.74 Å². The van der Waals surface area contributed by atoms with Crippen molar-refractivity contribution >= 4 is 0 Å². The molecule has 1 aliphatic carbocycles. The summed E-state index contributed by atoms with van der Waals surface area (Å²) in [5.41, 5.74) is 0. The Balaban J connectivity index is 0.000000461. The van der Waals surface area contributed by atoms with E-state index in [9.17, 15) is 0 Å². The molecule has 2 atom stereocenters. The quantitative estimate of drug-likeness (QED) is 0.599. The third-order valence-electron chi connectivity index (χ3n) is 2.16. The molecule has 0 aromatic heterocycles. The molecular formula is C10H22O. The molecule has 1 fully saturated rings. The highest BCUT2D eigenvalue weighted by molar-refractivity contribution is 4.73. The van der Waals surface area contributed by atoms with Gasteiger partial charge in [-0.05, 0) is 25.7 Å². The lowest BCUT2D eigenvalue weighted by Crippen LogP contribution is -2.14. The first-order valence-electron chi connectivity index (χ1n) is 4.96. The SMILES string of the molecule is CC.CCOC1CCCC1C. The second-order valence-corrected chi connectivity index (χ2v) is 2.90.